The van der Waals surface area contributed by atoms with E-state index >= 15 is 0 Å². The zero-order valence-electron chi connectivity index (χ0n) is 24.3. The van der Waals surface area contributed by atoms with Gasteiger partial charge in [0.05, 0.1) is 31.9 Å². The van der Waals surface area contributed by atoms with Crippen molar-refractivity contribution < 1.29 is 18.8 Å². The lowest BCUT2D eigenvalue weighted by Crippen LogP contribution is -2.55. The van der Waals surface area contributed by atoms with Crippen molar-refractivity contribution in [2.75, 3.05) is 26.7 Å². The number of likely N-dealkylation sites (N-methyl/N-ethyl adjacent to an activating group) is 1. The number of hydrogen-bond acceptors (Lipinski definition) is 6. The number of nitrogens with zero attached hydrogens (tertiary/aromatic N) is 3. The molecule has 2 atom stereocenters. The van der Waals surface area contributed by atoms with Crippen LogP contribution in [0, 0.1) is 0 Å². The molecule has 0 amide bonds. The first-order valence-electron chi connectivity index (χ1n) is 15.2. The van der Waals surface area contributed by atoms with Crippen LogP contribution in [0.3, 0.4) is 0 Å². The van der Waals surface area contributed by atoms with Crippen molar-refractivity contribution >= 4 is 23.3 Å². The predicted octanol–water partition coefficient (Wildman–Crippen LogP) is 8.32. The molecule has 0 aliphatic carbocycles. The molecule has 1 aliphatic rings. The summed E-state index contributed by atoms with van der Waals surface area (Å²) < 4.78 is 21.5. The topological polar surface area (TPSA) is 61.3 Å². The predicted molar refractivity (Wildman–Crippen MR) is 155 cm³/mol. The van der Waals surface area contributed by atoms with Crippen LogP contribution in [0.1, 0.15) is 136 Å². The first-order chi connectivity index (χ1) is 18.0. The molecule has 1 aliphatic heterocycles. The lowest BCUT2D eigenvalue weighted by Gasteiger charge is -2.41. The molecule has 0 aromatic carbocycles. The van der Waals surface area contributed by atoms with Crippen molar-refractivity contribution in [3.63, 3.8) is 0 Å². The van der Waals surface area contributed by atoms with Crippen molar-refractivity contribution in [2.45, 2.75) is 136 Å². The second-order valence-electron chi connectivity index (χ2n) is 11.1. The number of aromatic nitrogens is 2. The molecule has 7 heteroatoms. The molecule has 0 radical (unpaired) electrons. The van der Waals surface area contributed by atoms with Crippen LogP contribution in [0.15, 0.2) is 6.08 Å². The lowest BCUT2D eigenvalue weighted by molar-refractivity contribution is -0.944. The summed E-state index contributed by atoms with van der Waals surface area (Å²) in [7, 11) is 2.18. The van der Waals surface area contributed by atoms with Gasteiger partial charge in [0.2, 0.25) is 6.23 Å². The molecule has 0 N–H and O–H groups in total. The van der Waals surface area contributed by atoms with Crippen LogP contribution in [-0.2, 0) is 9.53 Å². The van der Waals surface area contributed by atoms with E-state index in [0.717, 1.165) is 50.0 Å². The van der Waals surface area contributed by atoms with Gasteiger partial charge in [-0.1, -0.05) is 103 Å². The van der Waals surface area contributed by atoms with Gasteiger partial charge in [-0.3, -0.25) is 9.28 Å². The Bertz CT molecular complexity index is 782. The molecule has 2 heterocycles. The molecule has 0 bridgehead atoms. The fraction of sp³-hybridized carbons (Fsp3) is 0.833. The second-order valence-corrected chi connectivity index (χ2v) is 11.6. The van der Waals surface area contributed by atoms with Gasteiger partial charge in [-0.2, -0.15) is 4.37 Å². The summed E-state index contributed by atoms with van der Waals surface area (Å²) in [6, 6.07) is 0. The normalized spacial score (nSPS) is 18.4. The monoisotopic (exact) mass is 536 g/mol. The van der Waals surface area contributed by atoms with E-state index in [4.69, 9.17) is 9.47 Å². The molecule has 0 saturated carbocycles. The molecule has 1 unspecified atom stereocenters. The van der Waals surface area contributed by atoms with Crippen LogP contribution in [0.2, 0.25) is 0 Å². The van der Waals surface area contributed by atoms with Gasteiger partial charge in [-0.15, -0.1) is 4.37 Å². The largest absolute Gasteiger partial charge is 0.475 e. The molecule has 0 fully saturated rings. The van der Waals surface area contributed by atoms with Crippen molar-refractivity contribution in [1.29, 1.82) is 0 Å². The summed E-state index contributed by atoms with van der Waals surface area (Å²) in [5, 5.41) is 0. The Morgan fingerprint density at radius 3 is 2.16 bits per heavy atom. The first kappa shape index (κ1) is 31.7. The standard InChI is InChI=1S/C30H54N3O3S/c1-5-7-9-11-12-13-14-15-16-17-18-22-28(34)36-26(3)33(4)23-20-21-27(25-33)29-30(32-37-31-29)35-24-19-10-8-6-2/h21,26H,5-20,22-25H2,1-4H3/q+1/t26-,33?/m0/s1. The first-order valence-corrected chi connectivity index (χ1v) is 15.9. The molecule has 1 aromatic rings. The second kappa shape index (κ2) is 18.7. The minimum Gasteiger partial charge on any atom is -0.475 e. The third kappa shape index (κ3) is 12.3. The van der Waals surface area contributed by atoms with E-state index in [-0.39, 0.29) is 12.2 Å². The summed E-state index contributed by atoms with van der Waals surface area (Å²) in [5.74, 6) is 0.590. The van der Waals surface area contributed by atoms with Crippen LogP contribution < -0.4 is 4.74 Å². The molecule has 6 nitrogen and oxygen atoms in total. The number of hydrogen-bond donors (Lipinski definition) is 0. The third-order valence-electron chi connectivity index (χ3n) is 7.73. The highest BCUT2D eigenvalue weighted by Crippen LogP contribution is 2.31. The molecule has 0 spiro atoms. The Morgan fingerprint density at radius 1 is 0.919 bits per heavy atom. The zero-order valence-corrected chi connectivity index (χ0v) is 25.1. The van der Waals surface area contributed by atoms with Gasteiger partial charge in [0.15, 0.2) is 0 Å². The molecular weight excluding hydrogens is 482 g/mol. The van der Waals surface area contributed by atoms with Crippen LogP contribution >= 0.6 is 11.7 Å². The number of quaternary nitrogens is 1. The quantitative estimate of drug-likeness (QED) is 0.0898. The lowest BCUT2D eigenvalue weighted by atomic mass is 10.0. The van der Waals surface area contributed by atoms with E-state index in [2.05, 4.69) is 35.7 Å². The maximum absolute atomic E-state index is 12.6. The van der Waals surface area contributed by atoms with E-state index in [1.165, 1.54) is 88.8 Å². The Morgan fingerprint density at radius 2 is 1.51 bits per heavy atom. The van der Waals surface area contributed by atoms with E-state index in [0.29, 0.717) is 23.4 Å². The molecule has 37 heavy (non-hydrogen) atoms. The fourth-order valence-corrected chi connectivity index (χ4v) is 5.56. The minimum atomic E-state index is -0.186. The van der Waals surface area contributed by atoms with Crippen molar-refractivity contribution in [3.05, 3.63) is 11.8 Å². The van der Waals surface area contributed by atoms with Gasteiger partial charge < -0.3 is 9.47 Å². The number of rotatable bonds is 21. The molecule has 0 saturated heterocycles. The molecule has 1 aromatic heterocycles. The number of esters is 1. The number of ether oxygens (including phenoxy) is 2. The smallest absolute Gasteiger partial charge is 0.310 e. The zero-order chi connectivity index (χ0) is 26.8. The Balaban J connectivity index is 1.67. The van der Waals surface area contributed by atoms with Gasteiger partial charge in [0.25, 0.3) is 5.88 Å². The van der Waals surface area contributed by atoms with Crippen molar-refractivity contribution in [1.82, 2.24) is 8.75 Å². The van der Waals surface area contributed by atoms with Crippen LogP contribution in [-0.4, -0.2) is 52.2 Å². The van der Waals surface area contributed by atoms with Gasteiger partial charge in [0, 0.05) is 25.3 Å². The number of carbonyl (C=O) groups is 1. The van der Waals surface area contributed by atoms with Crippen molar-refractivity contribution in [3.8, 4) is 5.88 Å². The van der Waals surface area contributed by atoms with Gasteiger partial charge in [-0.25, -0.2) is 0 Å². The fourth-order valence-electron chi connectivity index (χ4n) is 5.03. The van der Waals surface area contributed by atoms with E-state index in [9.17, 15) is 4.79 Å². The summed E-state index contributed by atoms with van der Waals surface area (Å²) in [6.07, 6.45) is 22.3. The molecule has 212 valence electrons. The summed E-state index contributed by atoms with van der Waals surface area (Å²) >= 11 is 1.21. The summed E-state index contributed by atoms with van der Waals surface area (Å²) in [6.45, 7) is 8.91. The Kier molecular flexibility index (Phi) is 16.1. The Labute approximate surface area is 231 Å². The van der Waals surface area contributed by atoms with Crippen LogP contribution in [0.25, 0.3) is 5.57 Å². The van der Waals surface area contributed by atoms with E-state index in [1.54, 1.807) is 0 Å². The highest BCUT2D eigenvalue weighted by molar-refractivity contribution is 6.99. The van der Waals surface area contributed by atoms with Gasteiger partial charge in [-0.05, 0) is 12.8 Å². The van der Waals surface area contributed by atoms with Gasteiger partial charge >= 0.3 is 5.97 Å². The summed E-state index contributed by atoms with van der Waals surface area (Å²) in [5.41, 5.74) is 2.02. The van der Waals surface area contributed by atoms with Gasteiger partial charge in [0.1, 0.15) is 12.2 Å². The maximum Gasteiger partial charge on any atom is 0.310 e. The number of carbonyl (C=O) groups excluding carboxylic acids is 1. The van der Waals surface area contributed by atoms with E-state index < -0.39 is 0 Å². The van der Waals surface area contributed by atoms with Crippen molar-refractivity contribution in [2.24, 2.45) is 0 Å². The average molecular weight is 537 g/mol. The SMILES string of the molecule is CCCCCCCCCCCCCC(=O)O[C@@H](C)[N+]1(C)CCC=C(c2nsnc2OCCCCCC)C1. The van der Waals surface area contributed by atoms with Crippen LogP contribution in [0.4, 0.5) is 0 Å². The van der Waals surface area contributed by atoms with E-state index in [1.807, 2.05) is 6.92 Å². The summed E-state index contributed by atoms with van der Waals surface area (Å²) in [4.78, 5) is 12.6. The Hall–Kier alpha value is -1.47. The third-order valence-corrected chi connectivity index (χ3v) is 8.24. The highest BCUT2D eigenvalue weighted by atomic mass is 32.1. The minimum absolute atomic E-state index is 0.0645. The maximum atomic E-state index is 12.6. The average Bonchev–Trinajstić information content (AvgIpc) is 3.36. The van der Waals surface area contributed by atoms with Crippen LogP contribution in [0.5, 0.6) is 5.88 Å². The molecular formula is C30H54N3O3S+. The highest BCUT2D eigenvalue weighted by Gasteiger charge is 2.36. The molecule has 2 rings (SSSR count). The number of unbranched alkanes of at least 4 members (excludes halogenated alkanes) is 13.